The molecule has 11 heteroatoms. The fourth-order valence-corrected chi connectivity index (χ4v) is 5.13. The second-order valence-electron chi connectivity index (χ2n) is 9.66. The van der Waals surface area contributed by atoms with E-state index in [9.17, 15) is 18.0 Å². The van der Waals surface area contributed by atoms with Crippen molar-refractivity contribution in [3.8, 4) is 5.75 Å². The Morgan fingerprint density at radius 1 is 1.08 bits per heavy atom. The molecular weight excluding hydrogens is 491 g/mol. The highest BCUT2D eigenvalue weighted by Gasteiger charge is 2.44. The van der Waals surface area contributed by atoms with Gasteiger partial charge in [-0.25, -0.2) is 4.79 Å². The molecule has 2 saturated heterocycles. The van der Waals surface area contributed by atoms with E-state index >= 15 is 0 Å². The summed E-state index contributed by atoms with van der Waals surface area (Å²) in [5, 5.41) is 11.2. The van der Waals surface area contributed by atoms with Crippen molar-refractivity contribution in [3.05, 3.63) is 46.8 Å². The van der Waals surface area contributed by atoms with Crippen molar-refractivity contribution >= 4 is 11.9 Å². The van der Waals surface area contributed by atoms with Crippen LogP contribution in [0.5, 0.6) is 5.75 Å². The van der Waals surface area contributed by atoms with E-state index in [1.54, 1.807) is 0 Å². The van der Waals surface area contributed by atoms with Crippen molar-refractivity contribution in [1.82, 2.24) is 15.0 Å². The van der Waals surface area contributed by atoms with Crippen molar-refractivity contribution in [2.45, 2.75) is 71.1 Å². The molecule has 1 aromatic carbocycles. The Hall–Kier alpha value is -3.08. The van der Waals surface area contributed by atoms with Crippen LogP contribution in [0, 0.1) is 20.8 Å². The minimum absolute atomic E-state index is 0.0142. The van der Waals surface area contributed by atoms with Crippen LogP contribution in [0.15, 0.2) is 28.8 Å². The molecule has 2 aromatic rings. The zero-order chi connectivity index (χ0) is 27.2. The van der Waals surface area contributed by atoms with Gasteiger partial charge in [0.1, 0.15) is 11.5 Å². The van der Waals surface area contributed by atoms with Gasteiger partial charge >= 0.3 is 12.1 Å². The number of aryl methyl sites for hydroxylation is 3. The highest BCUT2D eigenvalue weighted by molar-refractivity contribution is 5.79. The number of aliphatic carboxylic acids is 1. The highest BCUT2D eigenvalue weighted by Crippen LogP contribution is 2.39. The van der Waals surface area contributed by atoms with Gasteiger partial charge in [0, 0.05) is 30.7 Å². The van der Waals surface area contributed by atoms with Gasteiger partial charge in [-0.05, 0) is 71.0 Å². The molecule has 1 N–H and O–H groups in total. The summed E-state index contributed by atoms with van der Waals surface area (Å²) < 4.78 is 42.9. The highest BCUT2D eigenvalue weighted by atomic mass is 19.4. The summed E-state index contributed by atoms with van der Waals surface area (Å²) >= 11 is 0. The lowest BCUT2D eigenvalue weighted by molar-refractivity contribution is -0.192. The van der Waals surface area contributed by atoms with E-state index < -0.39 is 12.1 Å². The Labute approximate surface area is 214 Å². The van der Waals surface area contributed by atoms with Crippen LogP contribution in [-0.2, 0) is 16.1 Å². The molecule has 3 heterocycles. The molecule has 1 amide bonds. The molecule has 37 heavy (non-hydrogen) atoms. The number of para-hydroxylation sites is 1. The number of likely N-dealkylation sites (tertiary alicyclic amines) is 2. The van der Waals surface area contributed by atoms with E-state index in [0.717, 1.165) is 81.1 Å². The first-order chi connectivity index (χ1) is 17.4. The zero-order valence-corrected chi connectivity index (χ0v) is 21.4. The number of amides is 1. The predicted octanol–water partition coefficient (Wildman–Crippen LogP) is 4.66. The first kappa shape index (κ1) is 28.5. The predicted molar refractivity (Wildman–Crippen MR) is 129 cm³/mol. The fourth-order valence-electron chi connectivity index (χ4n) is 5.13. The molecule has 0 radical (unpaired) electrons. The van der Waals surface area contributed by atoms with Gasteiger partial charge in [0.25, 0.3) is 5.91 Å². The number of hydrogen-bond donors (Lipinski definition) is 1. The minimum Gasteiger partial charge on any atom is -0.484 e. The second-order valence-corrected chi connectivity index (χ2v) is 9.66. The van der Waals surface area contributed by atoms with E-state index in [2.05, 4.69) is 15.0 Å². The summed E-state index contributed by atoms with van der Waals surface area (Å²) in [6, 6.07) is 7.87. The summed E-state index contributed by atoms with van der Waals surface area (Å²) in [5.74, 6) is -0.925. The molecule has 2 aliphatic heterocycles. The quantitative estimate of drug-likeness (QED) is 0.607. The molecule has 1 unspecified atom stereocenters. The van der Waals surface area contributed by atoms with Crippen LogP contribution in [0.25, 0.3) is 0 Å². The smallest absolute Gasteiger partial charge is 0.484 e. The number of carbonyl (C=O) groups is 2. The van der Waals surface area contributed by atoms with Gasteiger partial charge in [0.15, 0.2) is 6.61 Å². The first-order valence-electron chi connectivity index (χ1n) is 12.4. The van der Waals surface area contributed by atoms with Crippen LogP contribution in [0.4, 0.5) is 13.2 Å². The number of ether oxygens (including phenoxy) is 1. The lowest BCUT2D eigenvalue weighted by atomic mass is 9.87. The zero-order valence-electron chi connectivity index (χ0n) is 21.4. The Morgan fingerprint density at radius 2 is 1.73 bits per heavy atom. The van der Waals surface area contributed by atoms with Crippen molar-refractivity contribution in [2.75, 3.05) is 26.2 Å². The summed E-state index contributed by atoms with van der Waals surface area (Å²) in [6.45, 7) is 9.89. The fraction of sp³-hybridized carbons (Fsp3) is 0.577. The van der Waals surface area contributed by atoms with E-state index in [1.807, 2.05) is 45.0 Å². The topological polar surface area (TPSA) is 96.1 Å². The lowest BCUT2D eigenvalue weighted by Crippen LogP contribution is -2.49. The molecule has 8 nitrogen and oxygen atoms in total. The number of rotatable bonds is 5. The number of carboxylic acid groups (broad SMARTS) is 1. The molecule has 1 aromatic heterocycles. The van der Waals surface area contributed by atoms with Gasteiger partial charge in [0.05, 0.1) is 5.69 Å². The van der Waals surface area contributed by atoms with Gasteiger partial charge in [0.2, 0.25) is 0 Å². The van der Waals surface area contributed by atoms with E-state index in [4.69, 9.17) is 19.2 Å². The summed E-state index contributed by atoms with van der Waals surface area (Å²) in [5.41, 5.74) is 3.24. The van der Waals surface area contributed by atoms with Crippen LogP contribution in [0.2, 0.25) is 0 Å². The number of aromatic nitrogens is 1. The molecule has 2 fully saturated rings. The molecule has 204 valence electrons. The number of benzene rings is 1. The van der Waals surface area contributed by atoms with Crippen LogP contribution < -0.4 is 4.74 Å². The molecule has 4 rings (SSSR count). The Bertz CT molecular complexity index is 1070. The molecule has 0 bridgehead atoms. The van der Waals surface area contributed by atoms with Gasteiger partial charge in [-0.2, -0.15) is 13.2 Å². The lowest BCUT2D eigenvalue weighted by Gasteiger charge is -2.38. The number of hydrogen-bond acceptors (Lipinski definition) is 6. The molecule has 0 aliphatic carbocycles. The van der Waals surface area contributed by atoms with Crippen LogP contribution >= 0.6 is 0 Å². The van der Waals surface area contributed by atoms with Gasteiger partial charge in [-0.1, -0.05) is 23.4 Å². The summed E-state index contributed by atoms with van der Waals surface area (Å²) in [6.07, 6.45) is 0.293. The van der Waals surface area contributed by atoms with Gasteiger partial charge in [-0.3, -0.25) is 9.69 Å². The third-order valence-electron chi connectivity index (χ3n) is 7.16. The number of carboxylic acids is 1. The van der Waals surface area contributed by atoms with Crippen LogP contribution in [0.3, 0.4) is 0 Å². The largest absolute Gasteiger partial charge is 0.490 e. The van der Waals surface area contributed by atoms with Crippen molar-refractivity contribution in [2.24, 2.45) is 0 Å². The number of nitrogens with zero attached hydrogens (tertiary/aromatic N) is 3. The molecular formula is C26H34F3N3O5. The number of carbonyl (C=O) groups excluding carboxylic acids is 1. The van der Waals surface area contributed by atoms with Crippen molar-refractivity contribution in [3.63, 3.8) is 0 Å². The Balaban J connectivity index is 0.000000479. The Morgan fingerprint density at radius 3 is 2.32 bits per heavy atom. The number of halogens is 3. The monoisotopic (exact) mass is 525 g/mol. The minimum atomic E-state index is -5.08. The molecule has 1 atom stereocenters. The Kier molecular flexibility index (Phi) is 9.22. The standard InChI is InChI=1S/C24H33N3O3.C2HF3O2/c1-18-8-4-5-9-22(18)29-17-23(28)27-14-7-11-24(27)10-6-13-26(15-12-24)16-21-19(2)25-30-20(21)3;3-2(4,5)1(6)7/h4-5,8-9H,6-7,10-17H2,1-3H3;(H,6,7). The maximum Gasteiger partial charge on any atom is 0.490 e. The second kappa shape index (κ2) is 12.0. The van der Waals surface area contributed by atoms with E-state index in [-0.39, 0.29) is 18.1 Å². The van der Waals surface area contributed by atoms with Crippen LogP contribution in [-0.4, -0.2) is 69.9 Å². The third-order valence-corrected chi connectivity index (χ3v) is 7.16. The average Bonchev–Trinajstić information content (AvgIpc) is 3.32. The van der Waals surface area contributed by atoms with Crippen molar-refractivity contribution < 1.29 is 37.1 Å². The average molecular weight is 526 g/mol. The van der Waals surface area contributed by atoms with Gasteiger partial charge < -0.3 is 19.3 Å². The maximum atomic E-state index is 13.1. The van der Waals surface area contributed by atoms with Gasteiger partial charge in [-0.15, -0.1) is 0 Å². The molecule has 1 spiro atoms. The number of alkyl halides is 3. The van der Waals surface area contributed by atoms with E-state index in [0.29, 0.717) is 0 Å². The molecule has 2 aliphatic rings. The van der Waals surface area contributed by atoms with E-state index in [1.165, 1.54) is 5.56 Å². The summed E-state index contributed by atoms with van der Waals surface area (Å²) in [7, 11) is 0. The molecule has 0 saturated carbocycles. The van der Waals surface area contributed by atoms with Crippen molar-refractivity contribution in [1.29, 1.82) is 0 Å². The normalized spacial score (nSPS) is 20.3. The SMILES string of the molecule is Cc1ccccc1OCC(=O)N1CCCC12CCCN(Cc1c(C)noc1C)CC2.O=C(O)C(F)(F)F. The van der Waals surface area contributed by atoms with Crippen LogP contribution in [0.1, 0.15) is 54.7 Å². The maximum absolute atomic E-state index is 13.1. The summed E-state index contributed by atoms with van der Waals surface area (Å²) in [4.78, 5) is 26.6. The third kappa shape index (κ3) is 7.24. The first-order valence-corrected chi connectivity index (χ1v) is 12.4.